The Morgan fingerprint density at radius 3 is 2.86 bits per heavy atom. The van der Waals surface area contributed by atoms with Gasteiger partial charge in [-0.2, -0.15) is 10.2 Å². The van der Waals surface area contributed by atoms with E-state index in [1.54, 1.807) is 0 Å². The van der Waals surface area contributed by atoms with Gasteiger partial charge in [0.2, 0.25) is 5.91 Å². The van der Waals surface area contributed by atoms with Crippen LogP contribution in [0.25, 0.3) is 0 Å². The molecule has 1 fully saturated rings. The van der Waals surface area contributed by atoms with Crippen LogP contribution in [0.4, 0.5) is 0 Å². The predicted octanol–water partition coefficient (Wildman–Crippen LogP) is 1.34. The summed E-state index contributed by atoms with van der Waals surface area (Å²) in [5.41, 5.74) is 3.40. The SMILES string of the molecule is Cc1cc(C)n(C2CN(C(=O)C3CCn4nccc4C3)C2)n1. The van der Waals surface area contributed by atoms with Crippen LogP contribution in [0, 0.1) is 19.8 Å². The van der Waals surface area contributed by atoms with Crippen LogP contribution in [0.15, 0.2) is 18.3 Å². The lowest BCUT2D eigenvalue weighted by Gasteiger charge is -2.42. The molecule has 4 heterocycles. The Morgan fingerprint density at radius 2 is 2.14 bits per heavy atom. The predicted molar refractivity (Wildman–Crippen MR) is 81.4 cm³/mol. The second-order valence-electron chi connectivity index (χ2n) is 6.50. The lowest BCUT2D eigenvalue weighted by Crippen LogP contribution is -2.53. The minimum Gasteiger partial charge on any atom is -0.338 e. The number of likely N-dealkylation sites (tertiary alicyclic amines) is 1. The van der Waals surface area contributed by atoms with Gasteiger partial charge < -0.3 is 4.90 Å². The molecule has 6 nitrogen and oxygen atoms in total. The molecule has 1 unspecified atom stereocenters. The van der Waals surface area contributed by atoms with Gasteiger partial charge in [-0.15, -0.1) is 0 Å². The van der Waals surface area contributed by atoms with Crippen molar-refractivity contribution >= 4 is 5.91 Å². The number of aryl methyl sites for hydroxylation is 3. The summed E-state index contributed by atoms with van der Waals surface area (Å²) in [4.78, 5) is 14.6. The molecule has 0 N–H and O–H groups in total. The minimum atomic E-state index is 0.116. The molecular formula is C16H21N5O. The highest BCUT2D eigenvalue weighted by Crippen LogP contribution is 2.28. The topological polar surface area (TPSA) is 56.0 Å². The number of nitrogens with zero attached hydrogens (tertiary/aromatic N) is 5. The van der Waals surface area contributed by atoms with E-state index in [0.29, 0.717) is 11.9 Å². The van der Waals surface area contributed by atoms with Crippen molar-refractivity contribution in [3.63, 3.8) is 0 Å². The van der Waals surface area contributed by atoms with Gasteiger partial charge in [-0.1, -0.05) is 0 Å². The molecular weight excluding hydrogens is 278 g/mol. The van der Waals surface area contributed by atoms with E-state index in [2.05, 4.69) is 27.9 Å². The molecule has 4 rings (SSSR count). The van der Waals surface area contributed by atoms with Gasteiger partial charge in [0.1, 0.15) is 0 Å². The normalized spacial score (nSPS) is 21.5. The smallest absolute Gasteiger partial charge is 0.226 e. The maximum Gasteiger partial charge on any atom is 0.226 e. The van der Waals surface area contributed by atoms with Gasteiger partial charge in [0.25, 0.3) is 0 Å². The number of amides is 1. The Balaban J connectivity index is 1.39. The van der Waals surface area contributed by atoms with E-state index in [-0.39, 0.29) is 5.92 Å². The van der Waals surface area contributed by atoms with Crippen molar-refractivity contribution in [3.05, 3.63) is 35.4 Å². The Bertz CT molecular complexity index is 710. The summed E-state index contributed by atoms with van der Waals surface area (Å²) >= 11 is 0. The zero-order chi connectivity index (χ0) is 15.3. The van der Waals surface area contributed by atoms with Crippen molar-refractivity contribution in [1.82, 2.24) is 24.5 Å². The van der Waals surface area contributed by atoms with Crippen LogP contribution in [0.2, 0.25) is 0 Å². The third kappa shape index (κ3) is 2.14. The molecule has 0 aliphatic carbocycles. The number of rotatable bonds is 2. The zero-order valence-corrected chi connectivity index (χ0v) is 13.1. The van der Waals surface area contributed by atoms with Crippen molar-refractivity contribution < 1.29 is 4.79 Å². The molecule has 116 valence electrons. The Hall–Kier alpha value is -2.11. The third-order valence-electron chi connectivity index (χ3n) is 4.86. The van der Waals surface area contributed by atoms with Gasteiger partial charge in [-0.05, 0) is 32.4 Å². The molecule has 6 heteroatoms. The molecule has 2 aromatic rings. The van der Waals surface area contributed by atoms with Crippen LogP contribution in [0.1, 0.15) is 29.5 Å². The molecule has 0 radical (unpaired) electrons. The Labute approximate surface area is 129 Å². The summed E-state index contributed by atoms with van der Waals surface area (Å²) in [5, 5.41) is 8.80. The third-order valence-corrected chi connectivity index (χ3v) is 4.86. The van der Waals surface area contributed by atoms with E-state index in [1.807, 2.05) is 28.8 Å². The lowest BCUT2D eigenvalue weighted by molar-refractivity contribution is -0.142. The van der Waals surface area contributed by atoms with E-state index >= 15 is 0 Å². The second kappa shape index (κ2) is 4.97. The molecule has 2 aromatic heterocycles. The average molecular weight is 299 g/mol. The van der Waals surface area contributed by atoms with E-state index in [0.717, 1.165) is 38.2 Å². The summed E-state index contributed by atoms with van der Waals surface area (Å²) in [6.07, 6.45) is 3.54. The van der Waals surface area contributed by atoms with Crippen LogP contribution in [-0.4, -0.2) is 43.5 Å². The van der Waals surface area contributed by atoms with E-state index in [1.165, 1.54) is 11.4 Å². The standard InChI is InChI=1S/C16H21N5O/c1-11-7-12(2)21(18-11)15-9-19(10-15)16(22)13-4-6-20-14(8-13)3-5-17-20/h3,5,7,13,15H,4,6,8-10H2,1-2H3. The summed E-state index contributed by atoms with van der Waals surface area (Å²) in [6.45, 7) is 6.52. The number of carbonyl (C=O) groups excluding carboxylic acids is 1. The van der Waals surface area contributed by atoms with Crippen molar-refractivity contribution in [3.8, 4) is 0 Å². The molecule has 0 spiro atoms. The first-order chi connectivity index (χ1) is 10.6. The first-order valence-electron chi connectivity index (χ1n) is 7.94. The number of carbonyl (C=O) groups is 1. The molecule has 22 heavy (non-hydrogen) atoms. The fraction of sp³-hybridized carbons (Fsp3) is 0.562. The fourth-order valence-electron chi connectivity index (χ4n) is 3.64. The molecule has 1 atom stereocenters. The number of hydrogen-bond donors (Lipinski definition) is 0. The highest BCUT2D eigenvalue weighted by molar-refractivity contribution is 5.80. The molecule has 2 aliphatic heterocycles. The van der Waals surface area contributed by atoms with Crippen LogP contribution < -0.4 is 0 Å². The molecule has 0 saturated carbocycles. The summed E-state index contributed by atoms with van der Waals surface area (Å²) < 4.78 is 4.08. The summed E-state index contributed by atoms with van der Waals surface area (Å²) in [5.74, 6) is 0.413. The number of aromatic nitrogens is 4. The first-order valence-corrected chi connectivity index (χ1v) is 7.94. The molecule has 0 bridgehead atoms. The first kappa shape index (κ1) is 13.5. The number of hydrogen-bond acceptors (Lipinski definition) is 3. The quantitative estimate of drug-likeness (QED) is 0.841. The highest BCUT2D eigenvalue weighted by Gasteiger charge is 2.37. The van der Waals surface area contributed by atoms with Gasteiger partial charge in [-0.25, -0.2) is 0 Å². The van der Waals surface area contributed by atoms with E-state index < -0.39 is 0 Å². The molecule has 0 aromatic carbocycles. The highest BCUT2D eigenvalue weighted by atomic mass is 16.2. The van der Waals surface area contributed by atoms with Crippen LogP contribution >= 0.6 is 0 Å². The average Bonchev–Trinajstić information content (AvgIpc) is 3.03. The van der Waals surface area contributed by atoms with Gasteiger partial charge in [-0.3, -0.25) is 14.2 Å². The van der Waals surface area contributed by atoms with Gasteiger partial charge in [0.15, 0.2) is 0 Å². The van der Waals surface area contributed by atoms with E-state index in [9.17, 15) is 4.79 Å². The largest absolute Gasteiger partial charge is 0.338 e. The maximum atomic E-state index is 12.6. The second-order valence-corrected chi connectivity index (χ2v) is 6.50. The summed E-state index contributed by atoms with van der Waals surface area (Å²) in [6, 6.07) is 4.45. The zero-order valence-electron chi connectivity index (χ0n) is 13.1. The Morgan fingerprint density at radius 1 is 1.32 bits per heavy atom. The molecule has 1 saturated heterocycles. The van der Waals surface area contributed by atoms with Crippen molar-refractivity contribution in [1.29, 1.82) is 0 Å². The van der Waals surface area contributed by atoms with Crippen molar-refractivity contribution in [2.24, 2.45) is 5.92 Å². The molecule has 2 aliphatic rings. The van der Waals surface area contributed by atoms with Crippen LogP contribution in [-0.2, 0) is 17.8 Å². The van der Waals surface area contributed by atoms with Gasteiger partial charge in [0.05, 0.1) is 11.7 Å². The molecule has 1 amide bonds. The van der Waals surface area contributed by atoms with Gasteiger partial charge in [0, 0.05) is 49.6 Å². The van der Waals surface area contributed by atoms with Crippen molar-refractivity contribution in [2.45, 2.75) is 39.3 Å². The van der Waals surface area contributed by atoms with Gasteiger partial charge >= 0.3 is 0 Å². The maximum absolute atomic E-state index is 12.6. The Kier molecular flexibility index (Phi) is 3.06. The van der Waals surface area contributed by atoms with E-state index in [4.69, 9.17) is 0 Å². The number of fused-ring (bicyclic) bond motifs is 1. The lowest BCUT2D eigenvalue weighted by atomic mass is 9.93. The van der Waals surface area contributed by atoms with Crippen molar-refractivity contribution in [2.75, 3.05) is 13.1 Å². The van der Waals surface area contributed by atoms with Crippen LogP contribution in [0.5, 0.6) is 0 Å². The fourth-order valence-corrected chi connectivity index (χ4v) is 3.64. The monoisotopic (exact) mass is 299 g/mol. The summed E-state index contributed by atoms with van der Waals surface area (Å²) in [7, 11) is 0. The van der Waals surface area contributed by atoms with Crippen LogP contribution in [0.3, 0.4) is 0 Å². The minimum absolute atomic E-state index is 0.116.